The number of ether oxygens (including phenoxy) is 2. The molecule has 15 heteroatoms. The normalized spacial score (nSPS) is 10.7. The fourth-order valence-corrected chi connectivity index (χ4v) is 2.33. The third kappa shape index (κ3) is 3.77. The van der Waals surface area contributed by atoms with Crippen molar-refractivity contribution < 1.29 is 70.6 Å². The van der Waals surface area contributed by atoms with Crippen LogP contribution in [0.1, 0.15) is 31.1 Å². The maximum Gasteiger partial charge on any atom is 0.342 e. The first kappa shape index (κ1) is 23.3. The smallest absolute Gasteiger partial charge is 0.342 e. The van der Waals surface area contributed by atoms with Gasteiger partial charge in [-0.05, 0) is 0 Å². The summed E-state index contributed by atoms with van der Waals surface area (Å²) in [7, 11) is 0. The maximum atomic E-state index is 14.4. The molecule has 2 aromatic carbocycles. The highest BCUT2D eigenvalue weighted by Gasteiger charge is 2.37. The van der Waals surface area contributed by atoms with Crippen LogP contribution in [0.3, 0.4) is 0 Å². The van der Waals surface area contributed by atoms with Crippen molar-refractivity contribution in [2.45, 2.75) is 0 Å². The molecule has 4 N–H and O–H groups in total. The molecule has 0 heterocycles. The van der Waals surface area contributed by atoms with Crippen molar-refractivity contribution in [1.82, 2.24) is 0 Å². The molecular formula is C16H6F6O9. The summed E-state index contributed by atoms with van der Waals surface area (Å²) < 4.78 is 93.4. The number of aromatic carboxylic acids is 3. The minimum absolute atomic E-state index is 1.45. The highest BCUT2D eigenvalue weighted by atomic mass is 19.2. The van der Waals surface area contributed by atoms with Crippen LogP contribution in [0.4, 0.5) is 26.3 Å². The van der Waals surface area contributed by atoms with Gasteiger partial charge in [-0.15, -0.1) is 0 Å². The van der Waals surface area contributed by atoms with Crippen LogP contribution in [0.15, 0.2) is 0 Å². The summed E-state index contributed by atoms with van der Waals surface area (Å²) in [6.45, 7) is -1.45. The first-order valence-corrected chi connectivity index (χ1v) is 7.38. The molecule has 0 unspecified atom stereocenters. The number of halogens is 6. The quantitative estimate of drug-likeness (QED) is 0.280. The molecule has 2 rings (SSSR count). The van der Waals surface area contributed by atoms with Gasteiger partial charge in [0.25, 0.3) is 0 Å². The molecule has 0 aliphatic heterocycles. The lowest BCUT2D eigenvalue weighted by Gasteiger charge is -2.16. The number of carboxylic acids is 3. The summed E-state index contributed by atoms with van der Waals surface area (Å²) in [4.78, 5) is 33.2. The molecule has 0 saturated carbocycles. The Morgan fingerprint density at radius 3 is 1.35 bits per heavy atom. The number of aliphatic hydroxyl groups excluding tert-OH is 1. The van der Waals surface area contributed by atoms with E-state index in [4.69, 9.17) is 20.4 Å². The highest BCUT2D eigenvalue weighted by molar-refractivity contribution is 6.02. The lowest BCUT2D eigenvalue weighted by Crippen LogP contribution is -2.17. The number of carboxylic acid groups (broad SMARTS) is 3. The topological polar surface area (TPSA) is 151 Å². The van der Waals surface area contributed by atoms with E-state index in [-0.39, 0.29) is 0 Å². The number of rotatable bonds is 7. The van der Waals surface area contributed by atoms with Gasteiger partial charge in [0.1, 0.15) is 16.7 Å². The van der Waals surface area contributed by atoms with Crippen molar-refractivity contribution in [2.24, 2.45) is 0 Å². The monoisotopic (exact) mass is 456 g/mol. The standard InChI is InChI=1S/C16H6F6O9/c17-5-2(14(24)25)3(15(26)27)6(18)12(8(5)20)31-13-7(19)4(16(28)29)11(30-1-23)9(21)10(13)22/h23H,1H2,(H,24,25)(H,26,27)(H,28,29). The fourth-order valence-electron chi connectivity index (χ4n) is 2.33. The van der Waals surface area contributed by atoms with Crippen molar-refractivity contribution in [3.05, 3.63) is 51.6 Å². The zero-order chi connectivity index (χ0) is 23.8. The third-order valence-electron chi connectivity index (χ3n) is 3.57. The Morgan fingerprint density at radius 2 is 0.935 bits per heavy atom. The van der Waals surface area contributed by atoms with Gasteiger partial charge in [0, 0.05) is 0 Å². The van der Waals surface area contributed by atoms with Crippen LogP contribution in [-0.4, -0.2) is 45.1 Å². The van der Waals surface area contributed by atoms with Crippen molar-refractivity contribution >= 4 is 17.9 Å². The molecule has 0 spiro atoms. The predicted octanol–water partition coefficient (Wildman–Crippen LogP) is 2.74. The lowest BCUT2D eigenvalue weighted by molar-refractivity contribution is 0.0639. The largest absolute Gasteiger partial charge is 0.478 e. The maximum absolute atomic E-state index is 14.4. The molecule has 0 atom stereocenters. The van der Waals surface area contributed by atoms with Crippen molar-refractivity contribution in [1.29, 1.82) is 0 Å². The first-order chi connectivity index (χ1) is 14.4. The van der Waals surface area contributed by atoms with E-state index in [1.165, 1.54) is 0 Å². The Labute approximate surface area is 165 Å². The number of carbonyl (C=O) groups is 3. The molecule has 0 amide bonds. The molecule has 0 aromatic heterocycles. The second-order valence-corrected chi connectivity index (χ2v) is 5.29. The van der Waals surface area contributed by atoms with Gasteiger partial charge in [-0.1, -0.05) is 0 Å². The van der Waals surface area contributed by atoms with E-state index in [1.54, 1.807) is 0 Å². The first-order valence-electron chi connectivity index (χ1n) is 7.38. The van der Waals surface area contributed by atoms with Crippen LogP contribution in [0.2, 0.25) is 0 Å². The summed E-state index contributed by atoms with van der Waals surface area (Å²) in [5.74, 6) is -28.0. The summed E-state index contributed by atoms with van der Waals surface area (Å²) in [5.41, 5.74) is -5.83. The molecule has 0 aliphatic carbocycles. The summed E-state index contributed by atoms with van der Waals surface area (Å²) in [6.07, 6.45) is 0. The van der Waals surface area contributed by atoms with Gasteiger partial charge in [0.15, 0.2) is 30.0 Å². The Hall–Kier alpha value is -4.01. The average Bonchev–Trinajstić information content (AvgIpc) is 2.67. The summed E-state index contributed by atoms with van der Waals surface area (Å²) in [6, 6.07) is 0. The van der Waals surface area contributed by atoms with E-state index in [2.05, 4.69) is 9.47 Å². The predicted molar refractivity (Wildman–Crippen MR) is 81.3 cm³/mol. The second-order valence-electron chi connectivity index (χ2n) is 5.29. The van der Waals surface area contributed by atoms with Crippen LogP contribution in [0.25, 0.3) is 0 Å². The Bertz CT molecular complexity index is 1130. The molecule has 0 radical (unpaired) electrons. The van der Waals surface area contributed by atoms with Crippen LogP contribution < -0.4 is 9.47 Å². The molecule has 0 bridgehead atoms. The van der Waals surface area contributed by atoms with E-state index >= 15 is 0 Å². The molecule has 9 nitrogen and oxygen atoms in total. The van der Waals surface area contributed by atoms with Crippen molar-refractivity contribution in [3.8, 4) is 17.2 Å². The second kappa shape index (κ2) is 8.39. The van der Waals surface area contributed by atoms with Crippen LogP contribution >= 0.6 is 0 Å². The lowest BCUT2D eigenvalue weighted by atomic mass is 10.0. The van der Waals surface area contributed by atoms with E-state index in [1.807, 2.05) is 0 Å². The van der Waals surface area contributed by atoms with Crippen LogP contribution in [0, 0.1) is 34.9 Å². The molecule has 0 fully saturated rings. The average molecular weight is 456 g/mol. The van der Waals surface area contributed by atoms with Gasteiger partial charge in [-0.25, -0.2) is 27.6 Å². The molecule has 0 aliphatic rings. The van der Waals surface area contributed by atoms with E-state index < -0.39 is 93.5 Å². The molecular weight excluding hydrogens is 450 g/mol. The molecule has 2 aromatic rings. The van der Waals surface area contributed by atoms with Crippen LogP contribution in [-0.2, 0) is 0 Å². The van der Waals surface area contributed by atoms with Crippen LogP contribution in [0.5, 0.6) is 17.2 Å². The molecule has 0 saturated heterocycles. The third-order valence-corrected chi connectivity index (χ3v) is 3.57. The van der Waals surface area contributed by atoms with Crippen molar-refractivity contribution in [2.75, 3.05) is 6.79 Å². The Morgan fingerprint density at radius 1 is 0.581 bits per heavy atom. The minimum Gasteiger partial charge on any atom is -0.478 e. The van der Waals surface area contributed by atoms with Gasteiger partial charge >= 0.3 is 17.9 Å². The fraction of sp³-hybridized carbons (Fsp3) is 0.0625. The van der Waals surface area contributed by atoms with Crippen molar-refractivity contribution in [3.63, 3.8) is 0 Å². The van der Waals surface area contributed by atoms with E-state index in [0.717, 1.165) is 0 Å². The van der Waals surface area contributed by atoms with Gasteiger partial charge in [-0.2, -0.15) is 13.2 Å². The molecule has 31 heavy (non-hydrogen) atoms. The zero-order valence-corrected chi connectivity index (χ0v) is 14.3. The number of hydrogen-bond acceptors (Lipinski definition) is 6. The Balaban J connectivity index is 2.88. The number of benzene rings is 2. The highest BCUT2D eigenvalue weighted by Crippen LogP contribution is 2.41. The van der Waals surface area contributed by atoms with Gasteiger partial charge in [-0.3, -0.25) is 0 Å². The van der Waals surface area contributed by atoms with E-state index in [0.29, 0.717) is 0 Å². The van der Waals surface area contributed by atoms with Gasteiger partial charge < -0.3 is 29.9 Å². The Kier molecular flexibility index (Phi) is 6.30. The minimum atomic E-state index is -2.58. The van der Waals surface area contributed by atoms with E-state index in [9.17, 15) is 40.7 Å². The number of hydrogen-bond donors (Lipinski definition) is 4. The summed E-state index contributed by atoms with van der Waals surface area (Å²) >= 11 is 0. The summed E-state index contributed by atoms with van der Waals surface area (Å²) in [5, 5.41) is 35.2. The zero-order valence-electron chi connectivity index (χ0n) is 14.3. The SMILES string of the molecule is O=C(O)c1c(F)c(Oc2c(F)c(F)c(C(=O)O)c(C(=O)O)c2F)c(F)c(F)c1OCO. The van der Waals surface area contributed by atoms with Gasteiger partial charge in [0.05, 0.1) is 0 Å². The number of aliphatic hydroxyl groups is 1. The molecule has 166 valence electrons. The van der Waals surface area contributed by atoms with Gasteiger partial charge in [0.2, 0.25) is 29.0 Å².